The predicted molar refractivity (Wildman–Crippen MR) is 119 cm³/mol. The lowest BCUT2D eigenvalue weighted by Gasteiger charge is -2.43. The summed E-state index contributed by atoms with van der Waals surface area (Å²) in [5.41, 5.74) is 0.167. The smallest absolute Gasteiger partial charge is 0.338 e. The van der Waals surface area contributed by atoms with Gasteiger partial charge in [0.1, 0.15) is 24.4 Å². The second-order valence-electron chi connectivity index (χ2n) is 9.12. The first-order valence-corrected chi connectivity index (χ1v) is 11.7. The van der Waals surface area contributed by atoms with E-state index < -0.39 is 85.5 Å². The lowest BCUT2D eigenvalue weighted by Crippen LogP contribution is -2.60. The summed E-state index contributed by atoms with van der Waals surface area (Å²) in [6.45, 7) is -1.08. The second-order valence-corrected chi connectivity index (χ2v) is 9.12. The third-order valence-electron chi connectivity index (χ3n) is 7.02. The Labute approximate surface area is 211 Å². The van der Waals surface area contributed by atoms with Crippen molar-refractivity contribution in [3.05, 3.63) is 47.7 Å². The maximum atomic E-state index is 12.5. The van der Waals surface area contributed by atoms with E-state index in [1.54, 1.807) is 18.2 Å². The van der Waals surface area contributed by atoms with Crippen LogP contribution in [0, 0.1) is 17.8 Å². The van der Waals surface area contributed by atoms with Gasteiger partial charge in [0.2, 0.25) is 6.29 Å². The van der Waals surface area contributed by atoms with Crippen LogP contribution in [0.3, 0.4) is 0 Å². The Hall–Kier alpha value is -2.62. The standard InChI is InChI=1S/C24H30O13/c1-33-22(32)12-9-35-23(37-24-20(30)19(29)17(27)13(7-25)36-24)15-11(16(26)18(28)14(12)15)8-34-21(31)10-5-3-2-4-6-10/h2-6,9,11,13-20,23-30H,7-8H2,1H3/t11-,13-,14-,15-,16-,17-,18+,19+,20-,23+,24+/m1/s1. The molecule has 2 fully saturated rings. The number of aliphatic hydroxyl groups is 6. The number of hydrogen-bond acceptors (Lipinski definition) is 13. The van der Waals surface area contributed by atoms with Gasteiger partial charge in [-0.3, -0.25) is 0 Å². The van der Waals surface area contributed by atoms with Crippen molar-refractivity contribution in [3.8, 4) is 0 Å². The summed E-state index contributed by atoms with van der Waals surface area (Å²) in [6, 6.07) is 8.09. The fourth-order valence-corrected chi connectivity index (χ4v) is 5.04. The van der Waals surface area contributed by atoms with Crippen LogP contribution in [0.15, 0.2) is 42.2 Å². The molecule has 37 heavy (non-hydrogen) atoms. The maximum absolute atomic E-state index is 12.5. The number of fused-ring (bicyclic) bond motifs is 1. The van der Waals surface area contributed by atoms with Gasteiger partial charge in [0.15, 0.2) is 6.29 Å². The number of aliphatic hydroxyl groups excluding tert-OH is 6. The first-order valence-electron chi connectivity index (χ1n) is 11.7. The predicted octanol–water partition coefficient (Wildman–Crippen LogP) is -2.34. The molecular weight excluding hydrogens is 496 g/mol. The molecule has 13 nitrogen and oxygen atoms in total. The molecule has 0 bridgehead atoms. The number of esters is 2. The molecule has 0 aromatic heterocycles. The van der Waals surface area contributed by atoms with Crippen LogP contribution in [0.5, 0.6) is 0 Å². The molecule has 6 N–H and O–H groups in total. The summed E-state index contributed by atoms with van der Waals surface area (Å²) in [5.74, 6) is -4.60. The zero-order valence-electron chi connectivity index (χ0n) is 19.8. The van der Waals surface area contributed by atoms with Crippen molar-refractivity contribution in [3.63, 3.8) is 0 Å². The van der Waals surface area contributed by atoms with Crippen LogP contribution in [0.25, 0.3) is 0 Å². The van der Waals surface area contributed by atoms with Gasteiger partial charge in [0, 0.05) is 17.8 Å². The quantitative estimate of drug-likeness (QED) is 0.207. The first-order chi connectivity index (χ1) is 17.7. The molecule has 13 heteroatoms. The molecule has 1 saturated heterocycles. The molecule has 2 heterocycles. The highest BCUT2D eigenvalue weighted by atomic mass is 16.8. The Kier molecular flexibility index (Phi) is 8.46. The Morgan fingerprint density at radius 1 is 0.892 bits per heavy atom. The van der Waals surface area contributed by atoms with Gasteiger partial charge in [-0.25, -0.2) is 9.59 Å². The normalized spacial score (nSPS) is 39.2. The van der Waals surface area contributed by atoms with Crippen LogP contribution in [0.1, 0.15) is 10.4 Å². The lowest BCUT2D eigenvalue weighted by atomic mass is 9.82. The van der Waals surface area contributed by atoms with Gasteiger partial charge < -0.3 is 54.3 Å². The van der Waals surface area contributed by atoms with Crippen molar-refractivity contribution in [1.82, 2.24) is 0 Å². The van der Waals surface area contributed by atoms with Crippen molar-refractivity contribution in [1.29, 1.82) is 0 Å². The zero-order chi connectivity index (χ0) is 26.9. The van der Waals surface area contributed by atoms with E-state index in [4.69, 9.17) is 23.7 Å². The third kappa shape index (κ3) is 5.22. The van der Waals surface area contributed by atoms with Crippen LogP contribution < -0.4 is 0 Å². The Morgan fingerprint density at radius 2 is 1.59 bits per heavy atom. The van der Waals surface area contributed by atoms with Crippen LogP contribution in [0.2, 0.25) is 0 Å². The van der Waals surface area contributed by atoms with E-state index >= 15 is 0 Å². The minimum atomic E-state index is -1.75. The number of ether oxygens (including phenoxy) is 5. The molecule has 1 aromatic carbocycles. The Balaban J connectivity index is 1.59. The summed E-state index contributed by atoms with van der Waals surface area (Å²) in [6.07, 6.45) is -11.3. The zero-order valence-corrected chi connectivity index (χ0v) is 19.8. The molecule has 11 atom stereocenters. The van der Waals surface area contributed by atoms with E-state index in [2.05, 4.69) is 0 Å². The summed E-state index contributed by atoms with van der Waals surface area (Å²) >= 11 is 0. The molecule has 1 aliphatic carbocycles. The summed E-state index contributed by atoms with van der Waals surface area (Å²) < 4.78 is 26.9. The highest BCUT2D eigenvalue weighted by Crippen LogP contribution is 2.48. The van der Waals surface area contributed by atoms with Crippen LogP contribution in [-0.2, 0) is 28.5 Å². The van der Waals surface area contributed by atoms with E-state index in [1.165, 1.54) is 12.1 Å². The summed E-state index contributed by atoms with van der Waals surface area (Å²) in [7, 11) is 1.13. The van der Waals surface area contributed by atoms with Crippen LogP contribution in [-0.4, -0.2) is 112 Å². The SMILES string of the molecule is COC(=O)C1=CO[C@@H](O[C@@H]2O[C@H](CO)[C@@H](O)[C@H](O)[C@H]2O)[C@@H]2[C@@H](COC(=O)c3ccccc3)[C@@H](O)[C@@H](O)[C@H]12. The molecule has 0 amide bonds. The van der Waals surface area contributed by atoms with Crippen molar-refractivity contribution in [2.45, 2.75) is 49.2 Å². The van der Waals surface area contributed by atoms with Crippen molar-refractivity contribution in [2.24, 2.45) is 17.8 Å². The van der Waals surface area contributed by atoms with E-state index in [9.17, 15) is 40.2 Å². The van der Waals surface area contributed by atoms with Crippen molar-refractivity contribution < 1.29 is 63.9 Å². The van der Waals surface area contributed by atoms with Gasteiger partial charge in [-0.15, -0.1) is 0 Å². The minimum absolute atomic E-state index is 0.0930. The van der Waals surface area contributed by atoms with Gasteiger partial charge >= 0.3 is 11.9 Å². The number of carbonyl (C=O) groups is 2. The molecule has 0 spiro atoms. The van der Waals surface area contributed by atoms with Crippen molar-refractivity contribution in [2.75, 3.05) is 20.3 Å². The van der Waals surface area contributed by atoms with E-state index in [-0.39, 0.29) is 17.7 Å². The molecule has 0 radical (unpaired) electrons. The van der Waals surface area contributed by atoms with Gasteiger partial charge in [-0.1, -0.05) is 18.2 Å². The summed E-state index contributed by atoms with van der Waals surface area (Å²) in [4.78, 5) is 24.9. The monoisotopic (exact) mass is 526 g/mol. The maximum Gasteiger partial charge on any atom is 0.338 e. The number of carbonyl (C=O) groups excluding carboxylic acids is 2. The lowest BCUT2D eigenvalue weighted by molar-refractivity contribution is -0.343. The fraction of sp³-hybridized carbons (Fsp3) is 0.583. The largest absolute Gasteiger partial charge is 0.472 e. The molecule has 0 unspecified atom stereocenters. The first kappa shape index (κ1) is 27.4. The Bertz CT molecular complexity index is 982. The number of hydrogen-bond donors (Lipinski definition) is 6. The topological polar surface area (TPSA) is 202 Å². The number of benzene rings is 1. The van der Waals surface area contributed by atoms with Gasteiger partial charge in [-0.05, 0) is 12.1 Å². The van der Waals surface area contributed by atoms with Crippen molar-refractivity contribution >= 4 is 11.9 Å². The number of rotatable bonds is 7. The highest BCUT2D eigenvalue weighted by Gasteiger charge is 2.59. The van der Waals surface area contributed by atoms with Gasteiger partial charge in [0.05, 0.1) is 49.9 Å². The molecule has 3 aliphatic rings. The molecule has 2 aliphatic heterocycles. The van der Waals surface area contributed by atoms with E-state index in [1.807, 2.05) is 0 Å². The average molecular weight is 526 g/mol. The molecule has 1 saturated carbocycles. The second kappa shape index (κ2) is 11.4. The van der Waals surface area contributed by atoms with Gasteiger partial charge in [0.25, 0.3) is 0 Å². The van der Waals surface area contributed by atoms with Crippen LogP contribution in [0.4, 0.5) is 0 Å². The van der Waals surface area contributed by atoms with E-state index in [0.29, 0.717) is 0 Å². The molecular formula is C24H30O13. The molecule has 204 valence electrons. The molecule has 4 rings (SSSR count). The Morgan fingerprint density at radius 3 is 2.24 bits per heavy atom. The minimum Gasteiger partial charge on any atom is -0.472 e. The summed E-state index contributed by atoms with van der Waals surface area (Å²) in [5, 5.41) is 61.7. The van der Waals surface area contributed by atoms with E-state index in [0.717, 1.165) is 13.4 Å². The average Bonchev–Trinajstić information content (AvgIpc) is 3.17. The van der Waals surface area contributed by atoms with Crippen LogP contribution >= 0.6 is 0 Å². The van der Waals surface area contributed by atoms with Gasteiger partial charge in [-0.2, -0.15) is 0 Å². The molecule has 1 aromatic rings. The number of methoxy groups -OCH3 is 1. The fourth-order valence-electron chi connectivity index (χ4n) is 5.04. The highest BCUT2D eigenvalue weighted by molar-refractivity contribution is 5.89. The third-order valence-corrected chi connectivity index (χ3v) is 7.02.